The first-order chi connectivity index (χ1) is 12.9. The van der Waals surface area contributed by atoms with Gasteiger partial charge in [0.15, 0.2) is 9.84 Å². The molecule has 0 spiro atoms. The van der Waals surface area contributed by atoms with Gasteiger partial charge in [0.05, 0.1) is 29.9 Å². The van der Waals surface area contributed by atoms with E-state index in [4.69, 9.17) is 9.47 Å². The third-order valence-electron chi connectivity index (χ3n) is 4.36. The van der Waals surface area contributed by atoms with Crippen molar-refractivity contribution >= 4 is 21.4 Å². The molecule has 1 atom stereocenters. The Labute approximate surface area is 157 Å². The predicted molar refractivity (Wildman–Crippen MR) is 98.3 cm³/mol. The van der Waals surface area contributed by atoms with Crippen molar-refractivity contribution < 1.29 is 27.1 Å². The van der Waals surface area contributed by atoms with Gasteiger partial charge >= 0.3 is 0 Å². The standard InChI is InChI=1S/C19H20FNO5S/c1-25-18-7-6-16(27(23,24)12-13-8-9-26-11-13)10-17(18)19(22)21-15-4-2-14(20)3-5-15/h2-7,10,13H,8-9,11-12H2,1H3,(H,21,22)/t13-/m0/s1. The maximum absolute atomic E-state index is 13.0. The average Bonchev–Trinajstić information content (AvgIpc) is 3.15. The molecule has 1 amide bonds. The molecule has 1 heterocycles. The monoisotopic (exact) mass is 393 g/mol. The normalized spacial score (nSPS) is 16.9. The van der Waals surface area contributed by atoms with Gasteiger partial charge in [0.25, 0.3) is 5.91 Å². The van der Waals surface area contributed by atoms with Gasteiger partial charge in [-0.2, -0.15) is 0 Å². The molecule has 3 rings (SSSR count). The van der Waals surface area contributed by atoms with Gasteiger partial charge in [-0.05, 0) is 54.8 Å². The third kappa shape index (κ3) is 4.64. The summed E-state index contributed by atoms with van der Waals surface area (Å²) in [6.45, 7) is 0.988. The first kappa shape index (κ1) is 19.3. The molecule has 0 aliphatic carbocycles. The van der Waals surface area contributed by atoms with Gasteiger partial charge in [-0.25, -0.2) is 12.8 Å². The lowest BCUT2D eigenvalue weighted by atomic mass is 10.1. The topological polar surface area (TPSA) is 81.7 Å². The Bertz CT molecular complexity index is 922. The molecule has 0 unspecified atom stereocenters. The van der Waals surface area contributed by atoms with Gasteiger partial charge in [-0.3, -0.25) is 4.79 Å². The molecular formula is C19H20FNO5S. The molecule has 0 saturated carbocycles. The van der Waals surface area contributed by atoms with E-state index in [9.17, 15) is 17.6 Å². The number of carbonyl (C=O) groups excluding carboxylic acids is 1. The number of sulfone groups is 1. The zero-order valence-corrected chi connectivity index (χ0v) is 15.6. The average molecular weight is 393 g/mol. The summed E-state index contributed by atoms with van der Waals surface area (Å²) in [5.74, 6) is -0.793. The number of halogens is 1. The highest BCUT2D eigenvalue weighted by Crippen LogP contribution is 2.26. The van der Waals surface area contributed by atoms with Crippen LogP contribution < -0.4 is 10.1 Å². The summed E-state index contributed by atoms with van der Waals surface area (Å²) in [6.07, 6.45) is 0.702. The predicted octanol–water partition coefficient (Wildman–Crippen LogP) is 2.90. The van der Waals surface area contributed by atoms with Crippen molar-refractivity contribution in [2.45, 2.75) is 11.3 Å². The lowest BCUT2D eigenvalue weighted by molar-refractivity contribution is 0.102. The van der Waals surface area contributed by atoms with E-state index >= 15 is 0 Å². The summed E-state index contributed by atoms with van der Waals surface area (Å²) in [5, 5.41) is 2.61. The van der Waals surface area contributed by atoms with Crippen molar-refractivity contribution in [1.82, 2.24) is 0 Å². The number of amides is 1. The van der Waals surface area contributed by atoms with Gasteiger partial charge in [0.1, 0.15) is 11.6 Å². The first-order valence-corrected chi connectivity index (χ1v) is 10.1. The van der Waals surface area contributed by atoms with Crippen molar-refractivity contribution in [2.75, 3.05) is 31.4 Å². The Morgan fingerprint density at radius 2 is 2.00 bits per heavy atom. The fourth-order valence-electron chi connectivity index (χ4n) is 2.91. The van der Waals surface area contributed by atoms with E-state index in [0.29, 0.717) is 25.3 Å². The van der Waals surface area contributed by atoms with E-state index < -0.39 is 21.6 Å². The van der Waals surface area contributed by atoms with E-state index in [0.717, 1.165) is 0 Å². The van der Waals surface area contributed by atoms with Crippen LogP contribution in [0.4, 0.5) is 10.1 Å². The molecule has 1 fully saturated rings. The van der Waals surface area contributed by atoms with Crippen LogP contribution in [0.25, 0.3) is 0 Å². The van der Waals surface area contributed by atoms with Gasteiger partial charge in [-0.1, -0.05) is 0 Å². The van der Waals surface area contributed by atoms with Crippen molar-refractivity contribution in [3.63, 3.8) is 0 Å². The lowest BCUT2D eigenvalue weighted by Gasteiger charge is -2.13. The van der Waals surface area contributed by atoms with E-state index in [-0.39, 0.29) is 27.9 Å². The Morgan fingerprint density at radius 3 is 2.63 bits per heavy atom. The number of hydrogen-bond donors (Lipinski definition) is 1. The number of methoxy groups -OCH3 is 1. The molecule has 0 bridgehead atoms. The minimum Gasteiger partial charge on any atom is -0.496 e. The Morgan fingerprint density at radius 1 is 1.26 bits per heavy atom. The van der Waals surface area contributed by atoms with E-state index in [1.54, 1.807) is 0 Å². The molecule has 0 aromatic heterocycles. The molecule has 6 nitrogen and oxygen atoms in total. The first-order valence-electron chi connectivity index (χ1n) is 8.44. The Balaban J connectivity index is 1.86. The highest BCUT2D eigenvalue weighted by Gasteiger charge is 2.26. The SMILES string of the molecule is COc1ccc(S(=O)(=O)C[C@H]2CCOC2)cc1C(=O)Nc1ccc(F)cc1. The highest BCUT2D eigenvalue weighted by atomic mass is 32.2. The van der Waals surface area contributed by atoms with Gasteiger partial charge in [0.2, 0.25) is 0 Å². The number of hydrogen-bond acceptors (Lipinski definition) is 5. The van der Waals surface area contributed by atoms with Crippen LogP contribution in [0.1, 0.15) is 16.8 Å². The largest absolute Gasteiger partial charge is 0.496 e. The second-order valence-corrected chi connectivity index (χ2v) is 8.37. The van der Waals surface area contributed by atoms with E-state index in [2.05, 4.69) is 5.32 Å². The summed E-state index contributed by atoms with van der Waals surface area (Å²) >= 11 is 0. The van der Waals surface area contributed by atoms with Crippen LogP contribution in [0.15, 0.2) is 47.4 Å². The van der Waals surface area contributed by atoms with Crippen LogP contribution in [0.2, 0.25) is 0 Å². The van der Waals surface area contributed by atoms with Gasteiger partial charge < -0.3 is 14.8 Å². The van der Waals surface area contributed by atoms with Crippen LogP contribution in [-0.2, 0) is 14.6 Å². The quantitative estimate of drug-likeness (QED) is 0.816. The van der Waals surface area contributed by atoms with Crippen molar-refractivity contribution in [1.29, 1.82) is 0 Å². The van der Waals surface area contributed by atoms with E-state index in [1.807, 2.05) is 0 Å². The highest BCUT2D eigenvalue weighted by molar-refractivity contribution is 7.91. The summed E-state index contributed by atoms with van der Waals surface area (Å²) in [6, 6.07) is 9.47. The summed E-state index contributed by atoms with van der Waals surface area (Å²) in [4.78, 5) is 12.7. The van der Waals surface area contributed by atoms with Gasteiger partial charge in [0, 0.05) is 12.3 Å². The number of rotatable bonds is 6. The zero-order chi connectivity index (χ0) is 19.4. The molecule has 1 N–H and O–H groups in total. The molecule has 144 valence electrons. The molecule has 2 aromatic carbocycles. The number of benzene rings is 2. The molecule has 27 heavy (non-hydrogen) atoms. The second-order valence-electron chi connectivity index (χ2n) is 6.33. The molecule has 0 radical (unpaired) electrons. The minimum absolute atomic E-state index is 0.0294. The van der Waals surface area contributed by atoms with Gasteiger partial charge in [-0.15, -0.1) is 0 Å². The van der Waals surface area contributed by atoms with Crippen LogP contribution in [0.5, 0.6) is 5.75 Å². The number of ether oxygens (including phenoxy) is 2. The summed E-state index contributed by atoms with van der Waals surface area (Å²) in [7, 11) is -2.17. The molecular weight excluding hydrogens is 373 g/mol. The smallest absolute Gasteiger partial charge is 0.259 e. The van der Waals surface area contributed by atoms with E-state index in [1.165, 1.54) is 49.6 Å². The summed E-state index contributed by atoms with van der Waals surface area (Å²) < 4.78 is 48.8. The zero-order valence-electron chi connectivity index (χ0n) is 14.8. The second kappa shape index (κ2) is 8.06. The van der Waals surface area contributed by atoms with Crippen LogP contribution in [-0.4, -0.2) is 40.4 Å². The van der Waals surface area contributed by atoms with Crippen LogP contribution >= 0.6 is 0 Å². The summed E-state index contributed by atoms with van der Waals surface area (Å²) in [5.41, 5.74) is 0.477. The molecule has 1 aliphatic heterocycles. The maximum Gasteiger partial charge on any atom is 0.259 e. The molecule has 1 saturated heterocycles. The maximum atomic E-state index is 13.0. The third-order valence-corrected chi connectivity index (χ3v) is 6.24. The molecule has 8 heteroatoms. The molecule has 1 aliphatic rings. The van der Waals surface area contributed by atoms with Crippen LogP contribution in [0, 0.1) is 11.7 Å². The number of anilines is 1. The number of nitrogens with one attached hydrogen (secondary N) is 1. The Kier molecular flexibility index (Phi) is 5.76. The fourth-order valence-corrected chi connectivity index (χ4v) is 4.56. The van der Waals surface area contributed by atoms with Crippen LogP contribution in [0.3, 0.4) is 0 Å². The lowest BCUT2D eigenvalue weighted by Crippen LogP contribution is -2.18. The fraction of sp³-hybridized carbons (Fsp3) is 0.316. The van der Waals surface area contributed by atoms with Crippen molar-refractivity contribution in [3.05, 3.63) is 53.8 Å². The van der Waals surface area contributed by atoms with Crippen molar-refractivity contribution in [3.8, 4) is 5.75 Å². The van der Waals surface area contributed by atoms with Crippen molar-refractivity contribution in [2.24, 2.45) is 5.92 Å². The molecule has 2 aromatic rings. The number of carbonyl (C=O) groups is 1. The minimum atomic E-state index is -3.57. The Hall–Kier alpha value is -2.45.